The standard InChI is InChI=1S/C19H17N3O4/c1-12(23)26-16-8-6-13(7-9-16)19(25)22-17(18(21)24)10-14-4-2-3-5-15(14)11-20/h2-9,17H,10H2,1H3,(H2,21,24)(H,22,25)/t17-/m0/s1. The van der Waals surface area contributed by atoms with Gasteiger partial charge in [0.15, 0.2) is 0 Å². The van der Waals surface area contributed by atoms with Crippen LogP contribution in [0.4, 0.5) is 0 Å². The van der Waals surface area contributed by atoms with Crippen LogP contribution in [-0.2, 0) is 16.0 Å². The molecule has 0 aliphatic heterocycles. The zero-order valence-corrected chi connectivity index (χ0v) is 14.1. The molecule has 132 valence electrons. The Morgan fingerprint density at radius 2 is 1.81 bits per heavy atom. The summed E-state index contributed by atoms with van der Waals surface area (Å²) in [6.45, 7) is 1.27. The van der Waals surface area contributed by atoms with Crippen LogP contribution < -0.4 is 15.8 Å². The lowest BCUT2D eigenvalue weighted by atomic mass is 10.00. The van der Waals surface area contributed by atoms with Crippen LogP contribution in [0.3, 0.4) is 0 Å². The van der Waals surface area contributed by atoms with Crippen molar-refractivity contribution < 1.29 is 19.1 Å². The summed E-state index contributed by atoms with van der Waals surface area (Å²) in [6, 6.07) is 13.7. The molecule has 0 bridgehead atoms. The smallest absolute Gasteiger partial charge is 0.308 e. The second kappa shape index (κ2) is 8.44. The third kappa shape index (κ3) is 4.92. The molecule has 7 nitrogen and oxygen atoms in total. The second-order valence-corrected chi connectivity index (χ2v) is 5.52. The van der Waals surface area contributed by atoms with E-state index < -0.39 is 23.8 Å². The molecule has 0 aromatic heterocycles. The van der Waals surface area contributed by atoms with Gasteiger partial charge in [0.05, 0.1) is 11.6 Å². The van der Waals surface area contributed by atoms with Gasteiger partial charge in [-0.25, -0.2) is 0 Å². The number of ether oxygens (including phenoxy) is 1. The summed E-state index contributed by atoms with van der Waals surface area (Å²) in [6.07, 6.45) is 0.107. The maximum atomic E-state index is 12.3. The van der Waals surface area contributed by atoms with Gasteiger partial charge in [-0.1, -0.05) is 18.2 Å². The minimum absolute atomic E-state index is 0.107. The van der Waals surface area contributed by atoms with E-state index in [1.807, 2.05) is 6.07 Å². The summed E-state index contributed by atoms with van der Waals surface area (Å²) in [7, 11) is 0. The molecule has 0 aliphatic rings. The van der Waals surface area contributed by atoms with Gasteiger partial charge in [0.1, 0.15) is 11.8 Å². The van der Waals surface area contributed by atoms with Crippen LogP contribution in [0.25, 0.3) is 0 Å². The maximum absolute atomic E-state index is 12.3. The third-order valence-electron chi connectivity index (χ3n) is 3.59. The molecule has 1 atom stereocenters. The van der Waals surface area contributed by atoms with Crippen LogP contribution in [0.15, 0.2) is 48.5 Å². The first-order chi connectivity index (χ1) is 12.4. The molecule has 0 heterocycles. The van der Waals surface area contributed by atoms with Crippen molar-refractivity contribution in [2.45, 2.75) is 19.4 Å². The van der Waals surface area contributed by atoms with Crippen LogP contribution in [0.5, 0.6) is 5.75 Å². The van der Waals surface area contributed by atoms with E-state index >= 15 is 0 Å². The Labute approximate surface area is 150 Å². The van der Waals surface area contributed by atoms with Crippen molar-refractivity contribution in [1.82, 2.24) is 5.32 Å². The molecule has 2 amide bonds. The van der Waals surface area contributed by atoms with Crippen LogP contribution in [-0.4, -0.2) is 23.8 Å². The number of rotatable bonds is 6. The van der Waals surface area contributed by atoms with Crippen LogP contribution >= 0.6 is 0 Å². The molecule has 2 aromatic carbocycles. The van der Waals surface area contributed by atoms with Crippen LogP contribution in [0, 0.1) is 11.3 Å². The number of esters is 1. The van der Waals surface area contributed by atoms with Gasteiger partial charge in [0, 0.05) is 18.9 Å². The van der Waals surface area contributed by atoms with Gasteiger partial charge in [-0.05, 0) is 35.9 Å². The van der Waals surface area contributed by atoms with E-state index in [1.54, 1.807) is 24.3 Å². The van der Waals surface area contributed by atoms with E-state index in [1.165, 1.54) is 31.2 Å². The van der Waals surface area contributed by atoms with Gasteiger partial charge in [0.25, 0.3) is 5.91 Å². The molecule has 2 aromatic rings. The molecule has 0 saturated carbocycles. The lowest BCUT2D eigenvalue weighted by Gasteiger charge is -2.16. The van der Waals surface area contributed by atoms with Crippen LogP contribution in [0.1, 0.15) is 28.4 Å². The van der Waals surface area contributed by atoms with Crippen LogP contribution in [0.2, 0.25) is 0 Å². The Hall–Kier alpha value is -3.66. The first kappa shape index (κ1) is 18.7. The molecular formula is C19H17N3O4. The number of benzene rings is 2. The Kier molecular flexibility index (Phi) is 6.06. The molecule has 0 saturated heterocycles. The highest BCUT2D eigenvalue weighted by atomic mass is 16.5. The van der Waals surface area contributed by atoms with Gasteiger partial charge in [-0.3, -0.25) is 14.4 Å². The largest absolute Gasteiger partial charge is 0.427 e. The maximum Gasteiger partial charge on any atom is 0.308 e. The molecule has 0 unspecified atom stereocenters. The number of primary amides is 1. The van der Waals surface area contributed by atoms with E-state index in [4.69, 9.17) is 15.7 Å². The number of carbonyl (C=O) groups excluding carboxylic acids is 3. The van der Waals surface area contributed by atoms with Gasteiger partial charge in [0.2, 0.25) is 5.91 Å². The van der Waals surface area contributed by atoms with Crippen molar-refractivity contribution in [1.29, 1.82) is 5.26 Å². The number of nitrogens with zero attached hydrogens (tertiary/aromatic N) is 1. The number of hydrogen-bond donors (Lipinski definition) is 2. The fourth-order valence-electron chi connectivity index (χ4n) is 2.33. The molecule has 26 heavy (non-hydrogen) atoms. The third-order valence-corrected chi connectivity index (χ3v) is 3.59. The average Bonchev–Trinajstić information content (AvgIpc) is 2.61. The Morgan fingerprint density at radius 3 is 2.38 bits per heavy atom. The molecule has 2 rings (SSSR count). The van der Waals surface area contributed by atoms with E-state index in [0.29, 0.717) is 16.9 Å². The Balaban J connectivity index is 2.12. The number of carbonyl (C=O) groups is 3. The zero-order valence-electron chi connectivity index (χ0n) is 14.1. The summed E-state index contributed by atoms with van der Waals surface area (Å²) >= 11 is 0. The van der Waals surface area contributed by atoms with Gasteiger partial charge in [-0.15, -0.1) is 0 Å². The highest BCUT2D eigenvalue weighted by molar-refractivity contribution is 5.97. The molecule has 0 fully saturated rings. The summed E-state index contributed by atoms with van der Waals surface area (Å²) in [5, 5.41) is 11.7. The van der Waals surface area contributed by atoms with Gasteiger partial charge in [-0.2, -0.15) is 5.26 Å². The topological polar surface area (TPSA) is 122 Å². The number of nitriles is 1. The number of nitrogens with one attached hydrogen (secondary N) is 1. The summed E-state index contributed by atoms with van der Waals surface area (Å²) in [5.74, 6) is -1.36. The summed E-state index contributed by atoms with van der Waals surface area (Å²) in [5.41, 5.74) is 6.70. The molecule has 0 aliphatic carbocycles. The number of amides is 2. The predicted octanol–water partition coefficient (Wildman–Crippen LogP) is 1.31. The van der Waals surface area contributed by atoms with Crippen molar-refractivity contribution in [3.05, 3.63) is 65.2 Å². The first-order valence-corrected chi connectivity index (χ1v) is 7.77. The zero-order chi connectivity index (χ0) is 19.1. The fraction of sp³-hybridized carbons (Fsp3) is 0.158. The summed E-state index contributed by atoms with van der Waals surface area (Å²) < 4.78 is 4.90. The second-order valence-electron chi connectivity index (χ2n) is 5.52. The van der Waals surface area contributed by atoms with E-state index in [9.17, 15) is 14.4 Å². The Morgan fingerprint density at radius 1 is 1.15 bits per heavy atom. The highest BCUT2D eigenvalue weighted by Crippen LogP contribution is 2.14. The molecule has 0 radical (unpaired) electrons. The van der Waals surface area contributed by atoms with Crippen molar-refractivity contribution in [2.75, 3.05) is 0 Å². The van der Waals surface area contributed by atoms with Crippen molar-refractivity contribution in [2.24, 2.45) is 5.73 Å². The molecule has 7 heteroatoms. The SMILES string of the molecule is CC(=O)Oc1ccc(C(=O)N[C@@H](Cc2ccccc2C#N)C(N)=O)cc1. The van der Waals surface area contributed by atoms with Gasteiger partial charge < -0.3 is 15.8 Å². The lowest BCUT2D eigenvalue weighted by molar-refractivity contribution is -0.131. The monoisotopic (exact) mass is 351 g/mol. The highest BCUT2D eigenvalue weighted by Gasteiger charge is 2.20. The predicted molar refractivity (Wildman–Crippen MR) is 93.1 cm³/mol. The van der Waals surface area contributed by atoms with Crippen molar-refractivity contribution in [3.8, 4) is 11.8 Å². The quantitative estimate of drug-likeness (QED) is 0.600. The normalized spacial score (nSPS) is 11.1. The summed E-state index contributed by atoms with van der Waals surface area (Å²) in [4.78, 5) is 35.0. The van der Waals surface area contributed by atoms with Crippen molar-refractivity contribution >= 4 is 17.8 Å². The average molecular weight is 351 g/mol. The number of hydrogen-bond acceptors (Lipinski definition) is 5. The lowest BCUT2D eigenvalue weighted by Crippen LogP contribution is -2.46. The Bertz CT molecular complexity index is 869. The minimum Gasteiger partial charge on any atom is -0.427 e. The molecule has 0 spiro atoms. The van der Waals surface area contributed by atoms with E-state index in [0.717, 1.165) is 0 Å². The van der Waals surface area contributed by atoms with Gasteiger partial charge >= 0.3 is 5.97 Å². The fourth-order valence-corrected chi connectivity index (χ4v) is 2.33. The van der Waals surface area contributed by atoms with E-state index in [2.05, 4.69) is 5.32 Å². The first-order valence-electron chi connectivity index (χ1n) is 7.77. The van der Waals surface area contributed by atoms with Crippen molar-refractivity contribution in [3.63, 3.8) is 0 Å². The number of nitrogens with two attached hydrogens (primary N) is 1. The van der Waals surface area contributed by atoms with E-state index in [-0.39, 0.29) is 12.0 Å². The minimum atomic E-state index is -0.967. The molecule has 3 N–H and O–H groups in total. The molecular weight excluding hydrogens is 334 g/mol.